The summed E-state index contributed by atoms with van der Waals surface area (Å²) in [5.41, 5.74) is 3.01. The molecule has 2 aromatic carbocycles. The molecule has 0 spiro atoms. The first-order chi connectivity index (χ1) is 11.5. The lowest BCUT2D eigenvalue weighted by Crippen LogP contribution is -2.40. The summed E-state index contributed by atoms with van der Waals surface area (Å²) in [4.78, 5) is 20.8. The number of aryl methyl sites for hydroxylation is 1. The third-order valence-electron chi connectivity index (χ3n) is 4.14. The van der Waals surface area contributed by atoms with Gasteiger partial charge in [0, 0.05) is 19.3 Å². The monoisotopic (exact) mass is 325 g/mol. The predicted octanol–water partition coefficient (Wildman–Crippen LogP) is 3.78. The molecule has 0 unspecified atom stereocenters. The molecule has 0 atom stereocenters. The zero-order chi connectivity index (χ0) is 17.3. The number of halogens is 1. The lowest BCUT2D eigenvalue weighted by Gasteiger charge is -2.26. The molecule has 0 aliphatic carbocycles. The van der Waals surface area contributed by atoms with Crippen LogP contribution in [0, 0.1) is 12.7 Å². The van der Waals surface area contributed by atoms with Crippen molar-refractivity contribution in [2.75, 3.05) is 25.0 Å². The number of anilines is 1. The molecule has 0 aromatic heterocycles. The molecular formula is C19H20FN3O. The number of hydrogen-bond acceptors (Lipinski definition) is 3. The fourth-order valence-electron chi connectivity index (χ4n) is 2.83. The van der Waals surface area contributed by atoms with Crippen molar-refractivity contribution in [2.45, 2.75) is 13.8 Å². The van der Waals surface area contributed by atoms with Crippen LogP contribution in [0.3, 0.4) is 0 Å². The highest BCUT2D eigenvalue weighted by Crippen LogP contribution is 2.26. The lowest BCUT2D eigenvalue weighted by molar-refractivity contribution is 0.0816. The van der Waals surface area contributed by atoms with E-state index in [4.69, 9.17) is 0 Å². The Morgan fingerprint density at radius 3 is 2.58 bits per heavy atom. The van der Waals surface area contributed by atoms with Crippen LogP contribution in [0.25, 0.3) is 0 Å². The Bertz CT molecular complexity index is 799. The highest BCUT2D eigenvalue weighted by Gasteiger charge is 2.25. The summed E-state index contributed by atoms with van der Waals surface area (Å²) in [6.45, 7) is 5.18. The number of benzene rings is 2. The van der Waals surface area contributed by atoms with Gasteiger partial charge in [-0.3, -0.25) is 4.79 Å². The third-order valence-corrected chi connectivity index (χ3v) is 4.14. The first-order valence-electron chi connectivity index (χ1n) is 7.96. The summed E-state index contributed by atoms with van der Waals surface area (Å²) in [6.07, 6.45) is 0. The lowest BCUT2D eigenvalue weighted by atomic mass is 10.1. The molecule has 2 aromatic rings. The summed E-state index contributed by atoms with van der Waals surface area (Å²) in [5, 5.41) is 0. The van der Waals surface area contributed by atoms with E-state index in [1.54, 1.807) is 18.0 Å². The molecule has 1 aliphatic rings. The minimum Gasteiger partial charge on any atom is -0.334 e. The maximum absolute atomic E-state index is 13.5. The Morgan fingerprint density at radius 2 is 1.92 bits per heavy atom. The standard InChI is InChI=1S/C19H20FN3O/c1-4-23(15-8-5-13(2)6-9-15)18-12-22(3)19(24)16-11-14(20)7-10-17(16)21-18/h5-11H,4,12H2,1-3H3. The molecule has 0 radical (unpaired) electrons. The van der Waals surface area contributed by atoms with Crippen molar-refractivity contribution in [3.63, 3.8) is 0 Å². The summed E-state index contributed by atoms with van der Waals surface area (Å²) < 4.78 is 13.5. The zero-order valence-corrected chi connectivity index (χ0v) is 14.1. The molecule has 0 bridgehead atoms. The quantitative estimate of drug-likeness (QED) is 0.842. The number of fused-ring (bicyclic) bond motifs is 1. The van der Waals surface area contributed by atoms with Gasteiger partial charge in [-0.1, -0.05) is 17.7 Å². The van der Waals surface area contributed by atoms with Crippen molar-refractivity contribution in [3.8, 4) is 0 Å². The molecule has 1 heterocycles. The molecule has 1 amide bonds. The molecule has 1 aliphatic heterocycles. The highest BCUT2D eigenvalue weighted by molar-refractivity contribution is 6.08. The topological polar surface area (TPSA) is 35.9 Å². The van der Waals surface area contributed by atoms with E-state index in [1.165, 1.54) is 17.7 Å². The zero-order valence-electron chi connectivity index (χ0n) is 14.1. The van der Waals surface area contributed by atoms with Crippen molar-refractivity contribution >= 4 is 23.1 Å². The second-order valence-electron chi connectivity index (χ2n) is 5.93. The van der Waals surface area contributed by atoms with Crippen LogP contribution in [0.1, 0.15) is 22.8 Å². The number of likely N-dealkylation sites (N-methyl/N-ethyl adjacent to an activating group) is 2. The van der Waals surface area contributed by atoms with Gasteiger partial charge in [0.1, 0.15) is 11.7 Å². The number of rotatable bonds is 2. The Hall–Kier alpha value is -2.69. The Labute approximate surface area is 141 Å². The predicted molar refractivity (Wildman–Crippen MR) is 94.7 cm³/mol. The van der Waals surface area contributed by atoms with Gasteiger partial charge in [-0.2, -0.15) is 0 Å². The second-order valence-corrected chi connectivity index (χ2v) is 5.93. The first-order valence-corrected chi connectivity index (χ1v) is 7.96. The minimum absolute atomic E-state index is 0.219. The van der Waals surface area contributed by atoms with Crippen LogP contribution >= 0.6 is 0 Å². The summed E-state index contributed by atoms with van der Waals surface area (Å²) in [6, 6.07) is 12.3. The van der Waals surface area contributed by atoms with Gasteiger partial charge >= 0.3 is 0 Å². The van der Waals surface area contributed by atoms with E-state index >= 15 is 0 Å². The SMILES string of the molecule is CCN(C1=Nc2ccc(F)cc2C(=O)N(C)C1)c1ccc(C)cc1. The first kappa shape index (κ1) is 16.2. The van der Waals surface area contributed by atoms with Crippen LogP contribution < -0.4 is 4.90 Å². The Morgan fingerprint density at radius 1 is 1.21 bits per heavy atom. The maximum Gasteiger partial charge on any atom is 0.256 e. The van der Waals surface area contributed by atoms with Gasteiger partial charge in [0.05, 0.1) is 17.8 Å². The fourth-order valence-corrected chi connectivity index (χ4v) is 2.83. The molecule has 0 saturated heterocycles. The van der Waals surface area contributed by atoms with Crippen molar-refractivity contribution in [1.29, 1.82) is 0 Å². The van der Waals surface area contributed by atoms with Gasteiger partial charge in [-0.15, -0.1) is 0 Å². The number of carbonyl (C=O) groups is 1. The average Bonchev–Trinajstić information content (AvgIpc) is 2.68. The number of amidine groups is 1. The van der Waals surface area contributed by atoms with E-state index in [9.17, 15) is 9.18 Å². The van der Waals surface area contributed by atoms with E-state index in [2.05, 4.69) is 9.89 Å². The molecular weight excluding hydrogens is 305 g/mol. The van der Waals surface area contributed by atoms with E-state index in [0.717, 1.165) is 18.1 Å². The molecule has 3 rings (SSSR count). The molecule has 124 valence electrons. The molecule has 4 nitrogen and oxygen atoms in total. The van der Waals surface area contributed by atoms with Crippen molar-refractivity contribution < 1.29 is 9.18 Å². The van der Waals surface area contributed by atoms with Gasteiger partial charge in [0.15, 0.2) is 0 Å². The van der Waals surface area contributed by atoms with Gasteiger partial charge in [0.25, 0.3) is 5.91 Å². The van der Waals surface area contributed by atoms with E-state index in [0.29, 0.717) is 17.8 Å². The van der Waals surface area contributed by atoms with Gasteiger partial charge in [-0.05, 0) is 44.2 Å². The second kappa shape index (κ2) is 6.43. The minimum atomic E-state index is -0.431. The van der Waals surface area contributed by atoms with Crippen molar-refractivity contribution in [1.82, 2.24) is 4.90 Å². The summed E-state index contributed by atoms with van der Waals surface area (Å²) in [5.74, 6) is 0.116. The molecule has 0 N–H and O–H groups in total. The number of aliphatic imine (C=N–C) groups is 1. The molecule has 5 heteroatoms. The molecule has 0 fully saturated rings. The van der Waals surface area contributed by atoms with Gasteiger partial charge in [-0.25, -0.2) is 9.38 Å². The van der Waals surface area contributed by atoms with Crippen LogP contribution in [0.15, 0.2) is 47.5 Å². The van der Waals surface area contributed by atoms with Crippen LogP contribution in [-0.2, 0) is 0 Å². The number of carbonyl (C=O) groups excluding carboxylic acids is 1. The third kappa shape index (κ3) is 3.02. The van der Waals surface area contributed by atoms with Crippen LogP contribution in [0.5, 0.6) is 0 Å². The number of hydrogen-bond donors (Lipinski definition) is 0. The highest BCUT2D eigenvalue weighted by atomic mass is 19.1. The van der Waals surface area contributed by atoms with Crippen LogP contribution in [0.4, 0.5) is 15.8 Å². The van der Waals surface area contributed by atoms with E-state index < -0.39 is 5.82 Å². The number of nitrogens with zero attached hydrogens (tertiary/aromatic N) is 3. The average molecular weight is 325 g/mol. The van der Waals surface area contributed by atoms with E-state index in [-0.39, 0.29) is 5.91 Å². The van der Waals surface area contributed by atoms with Crippen molar-refractivity contribution in [2.24, 2.45) is 4.99 Å². The van der Waals surface area contributed by atoms with Crippen LogP contribution in [-0.4, -0.2) is 36.8 Å². The van der Waals surface area contributed by atoms with Gasteiger partial charge in [0.2, 0.25) is 0 Å². The summed E-state index contributed by atoms with van der Waals surface area (Å²) >= 11 is 0. The molecule has 0 saturated carbocycles. The smallest absolute Gasteiger partial charge is 0.256 e. The van der Waals surface area contributed by atoms with Gasteiger partial charge < -0.3 is 9.80 Å². The van der Waals surface area contributed by atoms with Crippen molar-refractivity contribution in [3.05, 3.63) is 59.4 Å². The summed E-state index contributed by atoms with van der Waals surface area (Å²) in [7, 11) is 1.71. The molecule has 24 heavy (non-hydrogen) atoms. The van der Waals surface area contributed by atoms with Crippen LogP contribution in [0.2, 0.25) is 0 Å². The largest absolute Gasteiger partial charge is 0.334 e. The Balaban J connectivity index is 2.07. The fraction of sp³-hybridized carbons (Fsp3) is 0.263. The Kier molecular flexibility index (Phi) is 4.34. The normalized spacial score (nSPS) is 14.1. The maximum atomic E-state index is 13.5. The number of amides is 1. The van der Waals surface area contributed by atoms with E-state index in [1.807, 2.05) is 38.1 Å².